The van der Waals surface area contributed by atoms with E-state index in [1.165, 1.54) is 11.1 Å². The Morgan fingerprint density at radius 2 is 1.86 bits per heavy atom. The summed E-state index contributed by atoms with van der Waals surface area (Å²) in [7, 11) is -2.34. The second-order valence-electron chi connectivity index (χ2n) is 12.3. The molecule has 8 nitrogen and oxygen atoms in total. The Morgan fingerprint density at radius 1 is 1.05 bits per heavy atom. The molecule has 2 aromatic carbocycles. The number of benzene rings is 2. The van der Waals surface area contributed by atoms with Crippen molar-refractivity contribution < 1.29 is 13.8 Å². The summed E-state index contributed by atoms with van der Waals surface area (Å²) in [5.41, 5.74) is 6.10. The molecule has 1 saturated carbocycles. The number of anilines is 1. The lowest BCUT2D eigenvalue weighted by Crippen LogP contribution is -2.39. The minimum atomic E-state index is -2.34. The summed E-state index contributed by atoms with van der Waals surface area (Å²) in [5, 5.41) is 7.99. The van der Waals surface area contributed by atoms with Crippen LogP contribution in [0.15, 0.2) is 54.6 Å². The zero-order valence-corrected chi connectivity index (χ0v) is 25.2. The lowest BCUT2D eigenvalue weighted by molar-refractivity contribution is 0.0671. The number of aromatic nitrogens is 3. The zero-order chi connectivity index (χ0) is 29.2. The van der Waals surface area contributed by atoms with Crippen LogP contribution >= 0.6 is 7.29 Å². The molecule has 2 aliphatic heterocycles. The number of nitrogens with one attached hydrogen (secondary N) is 1. The van der Waals surface area contributed by atoms with Crippen LogP contribution in [0.2, 0.25) is 0 Å². The Balaban J connectivity index is 1.17. The van der Waals surface area contributed by atoms with Crippen LogP contribution in [-0.4, -0.2) is 64.4 Å². The van der Waals surface area contributed by atoms with Gasteiger partial charge in [-0.05, 0) is 68.0 Å². The molecule has 1 N–H and O–H groups in total. The van der Waals surface area contributed by atoms with Crippen molar-refractivity contribution in [3.05, 3.63) is 82.9 Å². The van der Waals surface area contributed by atoms with Gasteiger partial charge in [-0.25, -0.2) is 13.9 Å². The molecule has 0 bridgehead atoms. The number of hydrogen-bond donors (Lipinski definition) is 1. The summed E-state index contributed by atoms with van der Waals surface area (Å²) in [5.74, 6) is -0.116. The first kappa shape index (κ1) is 27.3. The Labute approximate surface area is 245 Å². The molecule has 0 radical (unpaired) electrons. The average Bonchev–Trinajstić information content (AvgIpc) is 3.55. The van der Waals surface area contributed by atoms with Crippen molar-refractivity contribution in [2.75, 3.05) is 37.9 Å². The maximum absolute atomic E-state index is 15.6. The number of amides is 1. The SMILES string of the molecule is C[C@@H]1c2ccccc2CCN1C(=O)c1cc(C2CC2)n2nc(-c3ccc(N4CC[C@@H](NP(C)(C)=O)C4)cc3F)cc2n1. The molecule has 0 spiro atoms. The van der Waals surface area contributed by atoms with Crippen molar-refractivity contribution in [2.45, 2.75) is 50.6 Å². The molecule has 1 aliphatic carbocycles. The molecule has 2 fully saturated rings. The van der Waals surface area contributed by atoms with Crippen molar-refractivity contribution in [1.82, 2.24) is 24.6 Å². The molecule has 4 heterocycles. The number of carbonyl (C=O) groups is 1. The van der Waals surface area contributed by atoms with E-state index in [4.69, 9.17) is 10.1 Å². The van der Waals surface area contributed by atoms with E-state index in [1.54, 1.807) is 36.0 Å². The minimum Gasteiger partial charge on any atom is -0.370 e. The van der Waals surface area contributed by atoms with Gasteiger partial charge >= 0.3 is 0 Å². The van der Waals surface area contributed by atoms with Crippen molar-refractivity contribution in [3.8, 4) is 11.3 Å². The fraction of sp³-hybridized carbons (Fsp3) is 0.406. The summed E-state index contributed by atoms with van der Waals surface area (Å²) in [4.78, 5) is 22.6. The fourth-order valence-corrected chi connectivity index (χ4v) is 7.64. The Morgan fingerprint density at radius 3 is 2.62 bits per heavy atom. The van der Waals surface area contributed by atoms with E-state index in [0.29, 0.717) is 41.6 Å². The lowest BCUT2D eigenvalue weighted by atomic mass is 9.93. The van der Waals surface area contributed by atoms with Crippen molar-refractivity contribution >= 4 is 24.5 Å². The average molecular weight is 587 g/mol. The van der Waals surface area contributed by atoms with Crippen LogP contribution in [0.25, 0.3) is 16.9 Å². The molecular weight excluding hydrogens is 550 g/mol. The summed E-state index contributed by atoms with van der Waals surface area (Å²) >= 11 is 0. The quantitative estimate of drug-likeness (QED) is 0.284. The van der Waals surface area contributed by atoms with Crippen LogP contribution in [0, 0.1) is 5.82 Å². The van der Waals surface area contributed by atoms with Crippen molar-refractivity contribution in [1.29, 1.82) is 0 Å². The number of halogens is 1. The van der Waals surface area contributed by atoms with Crippen LogP contribution < -0.4 is 9.99 Å². The van der Waals surface area contributed by atoms with E-state index in [1.807, 2.05) is 29.2 Å². The standard InChI is InChI=1S/C32H36FN6O2P/c1-20-25-7-5-4-6-21(25)12-15-38(20)32(40)29-17-30(22-8-9-22)39-31(34-29)18-28(35-39)26-11-10-24(16-27(26)33)37-14-13-23(19-37)36-42(2,3)41/h4-7,10-11,16-18,20,22-23H,8-9,12-15,19H2,1-3H3,(H,36,41)/t20-,23-/m1/s1. The van der Waals surface area contributed by atoms with E-state index in [-0.39, 0.29) is 23.8 Å². The van der Waals surface area contributed by atoms with E-state index >= 15 is 4.39 Å². The van der Waals surface area contributed by atoms with Crippen molar-refractivity contribution in [2.24, 2.45) is 0 Å². The van der Waals surface area contributed by atoms with Gasteiger partial charge < -0.3 is 14.4 Å². The minimum absolute atomic E-state index is 0.0342. The van der Waals surface area contributed by atoms with Gasteiger partial charge in [-0.15, -0.1) is 0 Å². The third kappa shape index (κ3) is 5.13. The van der Waals surface area contributed by atoms with E-state index in [0.717, 1.165) is 43.6 Å². The van der Waals surface area contributed by atoms with Gasteiger partial charge in [-0.1, -0.05) is 24.3 Å². The molecular formula is C32H36FN6O2P. The van der Waals surface area contributed by atoms with Gasteiger partial charge in [0.1, 0.15) is 18.8 Å². The Kier molecular flexibility index (Phi) is 6.70. The smallest absolute Gasteiger partial charge is 0.273 e. The van der Waals surface area contributed by atoms with Crippen LogP contribution in [-0.2, 0) is 11.0 Å². The van der Waals surface area contributed by atoms with Crippen LogP contribution in [0.5, 0.6) is 0 Å². The first-order valence-corrected chi connectivity index (χ1v) is 17.4. The van der Waals surface area contributed by atoms with Gasteiger partial charge in [0.2, 0.25) is 0 Å². The van der Waals surface area contributed by atoms with Crippen LogP contribution in [0.4, 0.5) is 10.1 Å². The van der Waals surface area contributed by atoms with E-state index in [2.05, 4.69) is 29.0 Å². The molecule has 218 valence electrons. The number of carbonyl (C=O) groups excluding carboxylic acids is 1. The zero-order valence-electron chi connectivity index (χ0n) is 24.3. The summed E-state index contributed by atoms with van der Waals surface area (Å²) in [6.45, 7) is 7.64. The predicted octanol–water partition coefficient (Wildman–Crippen LogP) is 5.88. The van der Waals surface area contributed by atoms with Crippen LogP contribution in [0.1, 0.15) is 65.5 Å². The van der Waals surface area contributed by atoms with Crippen LogP contribution in [0.3, 0.4) is 0 Å². The van der Waals surface area contributed by atoms with Gasteiger partial charge in [0, 0.05) is 67.9 Å². The van der Waals surface area contributed by atoms with Gasteiger partial charge in [-0.2, -0.15) is 5.10 Å². The number of nitrogens with zero attached hydrogens (tertiary/aromatic N) is 5. The summed E-state index contributed by atoms with van der Waals surface area (Å²) in [6, 6.07) is 17.3. The second-order valence-corrected chi connectivity index (χ2v) is 15.3. The van der Waals surface area contributed by atoms with Gasteiger partial charge in [0.15, 0.2) is 5.65 Å². The number of rotatable bonds is 6. The van der Waals surface area contributed by atoms with Crippen molar-refractivity contribution in [3.63, 3.8) is 0 Å². The Bertz CT molecular complexity index is 1740. The highest BCUT2D eigenvalue weighted by Gasteiger charge is 2.33. The van der Waals surface area contributed by atoms with Gasteiger partial charge in [-0.3, -0.25) is 9.88 Å². The maximum Gasteiger partial charge on any atom is 0.273 e. The lowest BCUT2D eigenvalue weighted by Gasteiger charge is -2.35. The highest BCUT2D eigenvalue weighted by atomic mass is 31.2. The number of fused-ring (bicyclic) bond motifs is 2. The number of hydrogen-bond acceptors (Lipinski definition) is 5. The highest BCUT2D eigenvalue weighted by Crippen LogP contribution is 2.41. The third-order valence-electron chi connectivity index (χ3n) is 8.80. The Hall–Kier alpha value is -3.55. The molecule has 3 aliphatic rings. The molecule has 2 aromatic heterocycles. The first-order chi connectivity index (χ1) is 20.1. The maximum atomic E-state index is 15.6. The molecule has 0 unspecified atom stereocenters. The normalized spacial score (nSPS) is 20.8. The topological polar surface area (TPSA) is 82.8 Å². The summed E-state index contributed by atoms with van der Waals surface area (Å²) in [6.07, 6.45) is 3.76. The predicted molar refractivity (Wildman–Crippen MR) is 163 cm³/mol. The molecule has 2 atom stereocenters. The van der Waals surface area contributed by atoms with Gasteiger partial charge in [0.25, 0.3) is 5.91 Å². The molecule has 7 rings (SSSR count). The molecule has 1 amide bonds. The van der Waals surface area contributed by atoms with E-state index in [9.17, 15) is 9.36 Å². The largest absolute Gasteiger partial charge is 0.370 e. The highest BCUT2D eigenvalue weighted by molar-refractivity contribution is 7.60. The molecule has 10 heteroatoms. The first-order valence-electron chi connectivity index (χ1n) is 14.8. The molecule has 42 heavy (non-hydrogen) atoms. The molecule has 4 aromatic rings. The summed E-state index contributed by atoms with van der Waals surface area (Å²) < 4.78 is 29.5. The fourth-order valence-electron chi connectivity index (χ4n) is 6.55. The van der Waals surface area contributed by atoms with E-state index < -0.39 is 7.29 Å². The van der Waals surface area contributed by atoms with Gasteiger partial charge in [0.05, 0.1) is 11.7 Å². The third-order valence-corrected chi connectivity index (χ3v) is 9.79. The second kappa shape index (κ2) is 10.3. The molecule has 1 saturated heterocycles. The monoisotopic (exact) mass is 586 g/mol.